The molecule has 0 heteroatoms. The molecule has 1 fully saturated rings. The van der Waals surface area contributed by atoms with Crippen LogP contribution >= 0.6 is 0 Å². The van der Waals surface area contributed by atoms with Crippen molar-refractivity contribution < 1.29 is 0 Å². The van der Waals surface area contributed by atoms with E-state index in [2.05, 4.69) is 20.1 Å². The molecule has 0 aromatic rings. The van der Waals surface area contributed by atoms with Crippen LogP contribution in [0, 0.1) is 5.92 Å². The van der Waals surface area contributed by atoms with Gasteiger partial charge in [-0.25, -0.2) is 0 Å². The topological polar surface area (TPSA) is 0 Å². The Labute approximate surface area is 85.4 Å². The van der Waals surface area contributed by atoms with Crippen LogP contribution in [-0.4, -0.2) is 0 Å². The van der Waals surface area contributed by atoms with Crippen LogP contribution in [0.15, 0.2) is 13.2 Å². The third-order valence-corrected chi connectivity index (χ3v) is 2.42. The van der Waals surface area contributed by atoms with E-state index in [9.17, 15) is 0 Å². The Hall–Kier alpha value is -0.260. The van der Waals surface area contributed by atoms with Crippen LogP contribution < -0.4 is 0 Å². The Morgan fingerprint density at radius 3 is 1.85 bits per heavy atom. The van der Waals surface area contributed by atoms with Crippen molar-refractivity contribution in [2.45, 2.75) is 65.7 Å². The summed E-state index contributed by atoms with van der Waals surface area (Å²) in [5.74, 6) is 1.10. The van der Waals surface area contributed by atoms with Gasteiger partial charge >= 0.3 is 0 Å². The first-order valence-corrected chi connectivity index (χ1v) is 5.93. The van der Waals surface area contributed by atoms with Crippen molar-refractivity contribution in [2.24, 2.45) is 5.92 Å². The first kappa shape index (κ1) is 15.2. The van der Waals surface area contributed by atoms with Crippen LogP contribution in [0.4, 0.5) is 0 Å². The molecule has 0 amide bonds. The van der Waals surface area contributed by atoms with E-state index in [0.717, 1.165) is 5.92 Å². The summed E-state index contributed by atoms with van der Waals surface area (Å²) in [5.41, 5.74) is 0. The fourth-order valence-corrected chi connectivity index (χ4v) is 1.88. The van der Waals surface area contributed by atoms with Gasteiger partial charge in [0.15, 0.2) is 0 Å². The van der Waals surface area contributed by atoms with Crippen molar-refractivity contribution in [2.75, 3.05) is 0 Å². The van der Waals surface area contributed by atoms with E-state index in [0.29, 0.717) is 0 Å². The maximum absolute atomic E-state index is 3.00. The van der Waals surface area contributed by atoms with E-state index in [-0.39, 0.29) is 0 Å². The average Bonchev–Trinajstić information content (AvgIpc) is 2.26. The molecule has 13 heavy (non-hydrogen) atoms. The van der Waals surface area contributed by atoms with Crippen molar-refractivity contribution in [3.05, 3.63) is 13.2 Å². The predicted octanol–water partition coefficient (Wildman–Crippen LogP) is 5.20. The smallest absolute Gasteiger partial charge is 0.0414 e. The summed E-state index contributed by atoms with van der Waals surface area (Å²) in [4.78, 5) is 0. The van der Waals surface area contributed by atoms with Gasteiger partial charge in [0.2, 0.25) is 0 Å². The molecular weight excluding hydrogens is 156 g/mol. The summed E-state index contributed by atoms with van der Waals surface area (Å²) in [7, 11) is 0. The van der Waals surface area contributed by atoms with Gasteiger partial charge in [-0.2, -0.15) is 0 Å². The van der Waals surface area contributed by atoms with Crippen LogP contribution in [0.5, 0.6) is 0 Å². The number of rotatable bonds is 2. The predicted molar refractivity (Wildman–Crippen MR) is 64.1 cm³/mol. The largest absolute Gasteiger partial charge is 0.106 e. The maximum Gasteiger partial charge on any atom is -0.0414 e. The minimum absolute atomic E-state index is 1.10. The second-order valence-corrected chi connectivity index (χ2v) is 3.29. The molecule has 0 spiro atoms. The van der Waals surface area contributed by atoms with Gasteiger partial charge in [-0.05, 0) is 5.92 Å². The second kappa shape index (κ2) is 14.3. The van der Waals surface area contributed by atoms with E-state index in [1.807, 2.05) is 13.8 Å². The quantitative estimate of drug-likeness (QED) is 0.518. The molecule has 1 aliphatic rings. The monoisotopic (exact) mass is 184 g/mol. The Morgan fingerprint density at radius 1 is 1.00 bits per heavy atom. The van der Waals surface area contributed by atoms with Gasteiger partial charge in [-0.1, -0.05) is 65.7 Å². The lowest BCUT2D eigenvalue weighted by molar-refractivity contribution is 0.336. The zero-order valence-electron chi connectivity index (χ0n) is 9.94. The second-order valence-electron chi connectivity index (χ2n) is 3.29. The summed E-state index contributed by atoms with van der Waals surface area (Å²) in [6.07, 6.45) is 10.4. The highest BCUT2D eigenvalue weighted by molar-refractivity contribution is 4.64. The summed E-state index contributed by atoms with van der Waals surface area (Å²) in [5, 5.41) is 0. The summed E-state index contributed by atoms with van der Waals surface area (Å²) in [6.45, 7) is 12.3. The third-order valence-electron chi connectivity index (χ3n) is 2.42. The molecule has 0 N–H and O–H groups in total. The van der Waals surface area contributed by atoms with Gasteiger partial charge in [-0.3, -0.25) is 0 Å². The molecule has 0 saturated heterocycles. The van der Waals surface area contributed by atoms with Crippen LogP contribution in [0.25, 0.3) is 0 Å². The zero-order chi connectivity index (χ0) is 10.5. The highest BCUT2D eigenvalue weighted by atomic mass is 14.2. The molecule has 0 bridgehead atoms. The minimum atomic E-state index is 1.10. The molecule has 0 aromatic heterocycles. The number of hydrogen-bond donors (Lipinski definition) is 0. The first-order valence-electron chi connectivity index (χ1n) is 5.93. The molecule has 1 rings (SSSR count). The van der Waals surface area contributed by atoms with Crippen LogP contribution in [0.2, 0.25) is 0 Å². The summed E-state index contributed by atoms with van der Waals surface area (Å²) in [6, 6.07) is 0. The molecule has 1 saturated carbocycles. The van der Waals surface area contributed by atoms with Crippen molar-refractivity contribution in [3.63, 3.8) is 0 Å². The van der Waals surface area contributed by atoms with Gasteiger partial charge in [0.1, 0.15) is 0 Å². The molecule has 0 aliphatic heterocycles. The lowest BCUT2D eigenvalue weighted by Crippen LogP contribution is -2.04. The first-order chi connectivity index (χ1) is 6.43. The van der Waals surface area contributed by atoms with Gasteiger partial charge in [-0.15, -0.1) is 13.2 Å². The highest BCUT2D eigenvalue weighted by Gasteiger charge is 2.10. The standard InChI is InChI=1S/C9H18.C2H6.C2H4/c1-2-6-9-7-4-3-5-8-9;2*1-2/h9H,2-8H2,1H3;1-2H3;1-2H2. The average molecular weight is 184 g/mol. The summed E-state index contributed by atoms with van der Waals surface area (Å²) >= 11 is 0. The molecule has 80 valence electrons. The zero-order valence-corrected chi connectivity index (χ0v) is 9.94. The number of hydrogen-bond acceptors (Lipinski definition) is 0. The van der Waals surface area contributed by atoms with Gasteiger partial charge < -0.3 is 0 Å². The molecule has 0 atom stereocenters. The fourth-order valence-electron chi connectivity index (χ4n) is 1.88. The molecule has 0 unspecified atom stereocenters. The molecule has 0 aromatic carbocycles. The Morgan fingerprint density at radius 2 is 1.46 bits per heavy atom. The van der Waals surface area contributed by atoms with E-state index >= 15 is 0 Å². The fraction of sp³-hybridized carbons (Fsp3) is 0.846. The van der Waals surface area contributed by atoms with E-state index < -0.39 is 0 Å². The van der Waals surface area contributed by atoms with Crippen molar-refractivity contribution in [1.82, 2.24) is 0 Å². The van der Waals surface area contributed by atoms with E-state index in [4.69, 9.17) is 0 Å². The third kappa shape index (κ3) is 9.66. The highest BCUT2D eigenvalue weighted by Crippen LogP contribution is 2.26. The lowest BCUT2D eigenvalue weighted by atomic mass is 9.86. The van der Waals surface area contributed by atoms with Crippen LogP contribution in [0.3, 0.4) is 0 Å². The van der Waals surface area contributed by atoms with Crippen LogP contribution in [-0.2, 0) is 0 Å². The lowest BCUT2D eigenvalue weighted by Gasteiger charge is -2.20. The van der Waals surface area contributed by atoms with E-state index in [1.54, 1.807) is 0 Å². The maximum atomic E-state index is 3.00. The van der Waals surface area contributed by atoms with Crippen LogP contribution in [0.1, 0.15) is 65.7 Å². The van der Waals surface area contributed by atoms with Crippen molar-refractivity contribution in [1.29, 1.82) is 0 Å². The van der Waals surface area contributed by atoms with E-state index in [1.165, 1.54) is 44.9 Å². The van der Waals surface area contributed by atoms with Gasteiger partial charge in [0.25, 0.3) is 0 Å². The van der Waals surface area contributed by atoms with Crippen molar-refractivity contribution in [3.8, 4) is 0 Å². The summed E-state index contributed by atoms with van der Waals surface area (Å²) < 4.78 is 0. The Bertz CT molecular complexity index is 67.4. The Balaban J connectivity index is 0. The molecule has 0 heterocycles. The molecule has 1 aliphatic carbocycles. The SMILES string of the molecule is C=C.CC.CCCC1CCCCC1. The molecule has 0 radical (unpaired) electrons. The van der Waals surface area contributed by atoms with Crippen molar-refractivity contribution >= 4 is 0 Å². The molecular formula is C13H28. The van der Waals surface area contributed by atoms with Gasteiger partial charge in [0.05, 0.1) is 0 Å². The Kier molecular flexibility index (Phi) is 16.7. The normalized spacial score (nSPS) is 16.2. The minimum Gasteiger partial charge on any atom is -0.106 e. The molecule has 0 nitrogen and oxygen atoms in total. The van der Waals surface area contributed by atoms with Gasteiger partial charge in [0, 0.05) is 0 Å².